The monoisotopic (exact) mass is 451 g/mol. The minimum Gasteiger partial charge on any atom is -0.506 e. The van der Waals surface area contributed by atoms with E-state index in [2.05, 4.69) is 48.8 Å². The van der Waals surface area contributed by atoms with Gasteiger partial charge in [0, 0.05) is 18.0 Å². The van der Waals surface area contributed by atoms with Crippen molar-refractivity contribution in [3.05, 3.63) is 56.5 Å². The molecule has 2 aromatic heterocycles. The number of phenolic OH excluding ortho intramolecular Hbond substituents is 1. The number of carbonyl (C=O) groups is 1. The van der Waals surface area contributed by atoms with Crippen LogP contribution in [0.1, 0.15) is 41.5 Å². The Morgan fingerprint density at radius 2 is 2.00 bits per heavy atom. The third-order valence-corrected chi connectivity index (χ3v) is 4.95. The van der Waals surface area contributed by atoms with E-state index in [-0.39, 0.29) is 11.5 Å². The number of phenols is 1. The van der Waals surface area contributed by atoms with Gasteiger partial charge in [0.05, 0.1) is 14.6 Å². The molecule has 0 aliphatic rings. The first-order valence-corrected chi connectivity index (χ1v) is 9.16. The Morgan fingerprint density at radius 1 is 1.29 bits per heavy atom. The van der Waals surface area contributed by atoms with Gasteiger partial charge in [-0.3, -0.25) is 9.20 Å². The van der Waals surface area contributed by atoms with E-state index in [1.807, 2.05) is 0 Å². The maximum absolute atomic E-state index is 13.1. The van der Waals surface area contributed by atoms with E-state index in [0.29, 0.717) is 26.0 Å². The maximum Gasteiger partial charge on any atom is 0.234 e. The van der Waals surface area contributed by atoms with Crippen LogP contribution in [0.4, 0.5) is 0 Å². The van der Waals surface area contributed by atoms with Gasteiger partial charge in [-0.1, -0.05) is 13.3 Å². The van der Waals surface area contributed by atoms with E-state index >= 15 is 0 Å². The van der Waals surface area contributed by atoms with Crippen LogP contribution in [-0.2, 0) is 6.42 Å². The molecule has 0 aliphatic heterocycles. The highest BCUT2D eigenvalue weighted by atomic mass is 79.9. The van der Waals surface area contributed by atoms with Crippen LogP contribution in [0.25, 0.3) is 5.78 Å². The summed E-state index contributed by atoms with van der Waals surface area (Å²) in [5.41, 5.74) is 1.74. The maximum atomic E-state index is 13.1. The quantitative estimate of drug-likeness (QED) is 0.577. The number of benzene rings is 1. The molecule has 0 spiro atoms. The number of hydrogen-bond acceptors (Lipinski definition) is 4. The summed E-state index contributed by atoms with van der Waals surface area (Å²) in [6, 6.07) is 5.00. The van der Waals surface area contributed by atoms with Crippen LogP contribution in [0.5, 0.6) is 5.75 Å². The minimum absolute atomic E-state index is 0.0672. The third kappa shape index (κ3) is 3.10. The average molecular weight is 453 g/mol. The summed E-state index contributed by atoms with van der Waals surface area (Å²) in [5.74, 6) is 0.435. The van der Waals surface area contributed by atoms with Crippen LogP contribution in [0.3, 0.4) is 0 Å². The first-order valence-electron chi connectivity index (χ1n) is 7.57. The van der Waals surface area contributed by atoms with Gasteiger partial charge in [-0.2, -0.15) is 0 Å². The van der Waals surface area contributed by atoms with E-state index in [1.54, 1.807) is 35.0 Å². The summed E-state index contributed by atoms with van der Waals surface area (Å²) in [6.45, 7) is 2.10. The van der Waals surface area contributed by atoms with Gasteiger partial charge < -0.3 is 5.11 Å². The molecule has 7 heteroatoms. The van der Waals surface area contributed by atoms with E-state index in [9.17, 15) is 9.90 Å². The molecule has 0 aliphatic carbocycles. The van der Waals surface area contributed by atoms with Gasteiger partial charge in [-0.05, 0) is 62.9 Å². The van der Waals surface area contributed by atoms with Crippen molar-refractivity contribution in [2.45, 2.75) is 26.2 Å². The molecular weight excluding hydrogens is 438 g/mol. The standard InChI is InChI=1S/C17H15Br2N3O2/c1-2-3-5-13-14(22-7-4-6-20-17(22)21-13)15(23)10-8-11(18)16(24)12(19)9-10/h4,6-9,24H,2-3,5H2,1H3. The lowest BCUT2D eigenvalue weighted by Gasteiger charge is -2.07. The molecular formula is C17H15Br2N3O2. The molecule has 0 bridgehead atoms. The van der Waals surface area contributed by atoms with Crippen molar-refractivity contribution in [3.8, 4) is 5.75 Å². The predicted molar refractivity (Wildman–Crippen MR) is 98.5 cm³/mol. The fourth-order valence-electron chi connectivity index (χ4n) is 2.53. The van der Waals surface area contributed by atoms with Crippen LogP contribution in [0, 0.1) is 0 Å². The number of hydrogen-bond donors (Lipinski definition) is 1. The predicted octanol–water partition coefficient (Wildman–Crippen LogP) is 4.53. The number of aromatic hydroxyl groups is 1. The van der Waals surface area contributed by atoms with Crippen molar-refractivity contribution < 1.29 is 9.90 Å². The Bertz CT molecular complexity index is 898. The Hall–Kier alpha value is -1.73. The molecule has 2 heterocycles. The number of ketones is 1. The van der Waals surface area contributed by atoms with Gasteiger partial charge >= 0.3 is 0 Å². The second-order valence-electron chi connectivity index (χ2n) is 5.42. The van der Waals surface area contributed by atoms with Crippen molar-refractivity contribution in [2.75, 3.05) is 0 Å². The van der Waals surface area contributed by atoms with Crippen molar-refractivity contribution >= 4 is 43.4 Å². The van der Waals surface area contributed by atoms with Gasteiger partial charge in [-0.25, -0.2) is 9.97 Å². The fraction of sp³-hybridized carbons (Fsp3) is 0.235. The molecule has 1 N–H and O–H groups in total. The molecule has 0 amide bonds. The Balaban J connectivity index is 2.15. The lowest BCUT2D eigenvalue weighted by atomic mass is 10.0. The number of nitrogens with zero attached hydrogens (tertiary/aromatic N) is 3. The zero-order chi connectivity index (χ0) is 17.3. The van der Waals surface area contributed by atoms with Gasteiger partial charge in [0.25, 0.3) is 0 Å². The first kappa shape index (κ1) is 17.1. The molecule has 3 aromatic rings. The molecule has 5 nitrogen and oxygen atoms in total. The highest BCUT2D eigenvalue weighted by Gasteiger charge is 2.22. The van der Waals surface area contributed by atoms with Crippen LogP contribution < -0.4 is 0 Å². The van der Waals surface area contributed by atoms with Gasteiger partial charge in [0.15, 0.2) is 0 Å². The number of aryl methyl sites for hydroxylation is 1. The van der Waals surface area contributed by atoms with Crippen molar-refractivity contribution in [2.24, 2.45) is 0 Å². The molecule has 0 fully saturated rings. The number of imidazole rings is 1. The molecule has 124 valence electrons. The average Bonchev–Trinajstić information content (AvgIpc) is 2.95. The number of halogens is 2. The highest BCUT2D eigenvalue weighted by molar-refractivity contribution is 9.11. The molecule has 0 atom stereocenters. The molecule has 24 heavy (non-hydrogen) atoms. The lowest BCUT2D eigenvalue weighted by molar-refractivity contribution is 0.103. The zero-order valence-corrected chi connectivity index (χ0v) is 16.1. The minimum atomic E-state index is -0.150. The second-order valence-corrected chi connectivity index (χ2v) is 7.13. The fourth-order valence-corrected chi connectivity index (χ4v) is 3.71. The summed E-state index contributed by atoms with van der Waals surface area (Å²) in [4.78, 5) is 21.9. The highest BCUT2D eigenvalue weighted by Crippen LogP contribution is 2.34. The van der Waals surface area contributed by atoms with E-state index in [1.165, 1.54) is 0 Å². The number of aromatic nitrogens is 3. The van der Waals surface area contributed by atoms with Gasteiger partial charge in [0.2, 0.25) is 11.6 Å². The van der Waals surface area contributed by atoms with Gasteiger partial charge in [-0.15, -0.1) is 0 Å². The second kappa shape index (κ2) is 7.03. The molecule has 0 unspecified atom stereocenters. The number of fused-ring (bicyclic) bond motifs is 1. The van der Waals surface area contributed by atoms with Gasteiger partial charge in [0.1, 0.15) is 11.4 Å². The summed E-state index contributed by atoms with van der Waals surface area (Å²) in [7, 11) is 0. The summed E-state index contributed by atoms with van der Waals surface area (Å²) in [5, 5.41) is 9.85. The number of rotatable bonds is 5. The molecule has 1 aromatic carbocycles. The van der Waals surface area contributed by atoms with Crippen LogP contribution in [0.2, 0.25) is 0 Å². The van der Waals surface area contributed by atoms with E-state index < -0.39 is 0 Å². The van der Waals surface area contributed by atoms with Crippen molar-refractivity contribution in [3.63, 3.8) is 0 Å². The Labute approximate surface area is 156 Å². The smallest absolute Gasteiger partial charge is 0.234 e. The van der Waals surface area contributed by atoms with Crippen LogP contribution in [0.15, 0.2) is 39.5 Å². The summed E-state index contributed by atoms with van der Waals surface area (Å²) in [6.07, 6.45) is 6.15. The third-order valence-electron chi connectivity index (χ3n) is 3.74. The largest absolute Gasteiger partial charge is 0.506 e. The zero-order valence-electron chi connectivity index (χ0n) is 13.0. The summed E-state index contributed by atoms with van der Waals surface area (Å²) >= 11 is 6.54. The molecule has 0 saturated carbocycles. The van der Waals surface area contributed by atoms with Crippen molar-refractivity contribution in [1.29, 1.82) is 0 Å². The van der Waals surface area contributed by atoms with Crippen LogP contribution in [-0.4, -0.2) is 25.3 Å². The van der Waals surface area contributed by atoms with Crippen molar-refractivity contribution in [1.82, 2.24) is 14.4 Å². The molecule has 0 saturated heterocycles. The normalized spacial score (nSPS) is 11.1. The SMILES string of the molecule is CCCCc1nc2ncccn2c1C(=O)c1cc(Br)c(O)c(Br)c1. The number of unbranched alkanes of at least 4 members (excludes halogenated alkanes) is 1. The first-order chi connectivity index (χ1) is 11.5. The van der Waals surface area contributed by atoms with E-state index in [0.717, 1.165) is 25.0 Å². The topological polar surface area (TPSA) is 67.5 Å². The summed E-state index contributed by atoms with van der Waals surface area (Å²) < 4.78 is 2.65. The Kier molecular flexibility index (Phi) is 5.01. The Morgan fingerprint density at radius 3 is 2.67 bits per heavy atom. The number of carbonyl (C=O) groups excluding carboxylic acids is 1. The van der Waals surface area contributed by atoms with Crippen LogP contribution >= 0.6 is 31.9 Å². The molecule has 3 rings (SSSR count). The lowest BCUT2D eigenvalue weighted by Crippen LogP contribution is -2.09. The van der Waals surface area contributed by atoms with E-state index in [4.69, 9.17) is 0 Å². The molecule has 0 radical (unpaired) electrons.